The van der Waals surface area contributed by atoms with Gasteiger partial charge in [-0.25, -0.2) is 0 Å². The van der Waals surface area contributed by atoms with Crippen LogP contribution in [0.3, 0.4) is 0 Å². The number of unbranched alkanes of at least 4 members (excludes halogenated alkanes) is 1. The van der Waals surface area contributed by atoms with Crippen molar-refractivity contribution in [1.82, 2.24) is 0 Å². The first-order valence-corrected chi connectivity index (χ1v) is 5.24. The normalized spacial score (nSPS) is 9.75. The van der Waals surface area contributed by atoms with E-state index in [2.05, 4.69) is 6.58 Å². The van der Waals surface area contributed by atoms with Crippen LogP contribution in [0.25, 0.3) is 0 Å². The molecule has 4 N–H and O–H groups in total. The lowest BCUT2D eigenvalue weighted by molar-refractivity contribution is 0.226. The zero-order valence-corrected chi connectivity index (χ0v) is 9.32. The minimum absolute atomic E-state index is 0.572. The van der Waals surface area contributed by atoms with E-state index in [0.717, 1.165) is 12.8 Å². The Bertz CT molecular complexity index is 340. The molecule has 1 aromatic rings. The summed E-state index contributed by atoms with van der Waals surface area (Å²) in [6.45, 7) is 4.75. The van der Waals surface area contributed by atoms with E-state index in [0.29, 0.717) is 30.3 Å². The molecule has 4 nitrogen and oxygen atoms in total. The molecule has 0 atom stereocenters. The van der Waals surface area contributed by atoms with Crippen molar-refractivity contribution < 1.29 is 9.47 Å². The van der Waals surface area contributed by atoms with Gasteiger partial charge in [0.1, 0.15) is 5.75 Å². The van der Waals surface area contributed by atoms with Crippen LogP contribution < -0.4 is 16.2 Å². The summed E-state index contributed by atoms with van der Waals surface area (Å²) >= 11 is 0. The lowest BCUT2D eigenvalue weighted by atomic mass is 10.2. The van der Waals surface area contributed by atoms with Crippen LogP contribution in [0.15, 0.2) is 31.0 Å². The van der Waals surface area contributed by atoms with Crippen LogP contribution in [0.2, 0.25) is 0 Å². The monoisotopic (exact) mass is 222 g/mol. The molecule has 0 saturated carbocycles. The van der Waals surface area contributed by atoms with Gasteiger partial charge in [0.15, 0.2) is 0 Å². The second-order valence-corrected chi connectivity index (χ2v) is 3.39. The van der Waals surface area contributed by atoms with E-state index in [9.17, 15) is 0 Å². The average molecular weight is 222 g/mol. The molecule has 0 radical (unpaired) electrons. The molecular formula is C12H18N2O2. The molecule has 0 aliphatic rings. The number of nitrogen functional groups attached to an aromatic ring is 2. The number of hydrogen-bond donors (Lipinski definition) is 2. The molecule has 0 heterocycles. The third-order valence-electron chi connectivity index (χ3n) is 2.07. The maximum atomic E-state index is 5.74. The Morgan fingerprint density at radius 3 is 2.62 bits per heavy atom. The zero-order valence-electron chi connectivity index (χ0n) is 9.32. The van der Waals surface area contributed by atoms with Crippen LogP contribution in [0.4, 0.5) is 11.4 Å². The summed E-state index contributed by atoms with van der Waals surface area (Å²) in [7, 11) is 0. The Labute approximate surface area is 95.8 Å². The highest BCUT2D eigenvalue weighted by molar-refractivity contribution is 5.60. The molecule has 0 spiro atoms. The van der Waals surface area contributed by atoms with Crippen LogP contribution in [0.5, 0.6) is 5.75 Å². The van der Waals surface area contributed by atoms with Crippen LogP contribution in [0, 0.1) is 0 Å². The molecule has 1 aromatic carbocycles. The number of benzene rings is 1. The van der Waals surface area contributed by atoms with Gasteiger partial charge in [0.2, 0.25) is 0 Å². The van der Waals surface area contributed by atoms with Crippen LogP contribution in [-0.2, 0) is 4.74 Å². The van der Waals surface area contributed by atoms with Gasteiger partial charge in [0.05, 0.1) is 25.2 Å². The summed E-state index contributed by atoms with van der Waals surface area (Å²) in [5, 5.41) is 0. The summed E-state index contributed by atoms with van der Waals surface area (Å²) in [6, 6.07) is 5.24. The standard InChI is InChI=1S/C12H18N2O2/c1-2-15-7-3-4-8-16-12-6-5-10(13)9-11(12)14/h2,5-6,9H,1,3-4,7-8,13-14H2. The molecule has 0 unspecified atom stereocenters. The minimum atomic E-state index is 0.572. The van der Waals surface area contributed by atoms with Gasteiger partial charge in [0, 0.05) is 5.69 Å². The highest BCUT2D eigenvalue weighted by Gasteiger charge is 1.99. The second-order valence-electron chi connectivity index (χ2n) is 3.39. The molecule has 0 aromatic heterocycles. The van der Waals surface area contributed by atoms with Gasteiger partial charge in [-0.3, -0.25) is 0 Å². The maximum absolute atomic E-state index is 5.74. The molecule has 88 valence electrons. The van der Waals surface area contributed by atoms with Crippen LogP contribution >= 0.6 is 0 Å². The summed E-state index contributed by atoms with van der Waals surface area (Å²) in [5.41, 5.74) is 12.5. The maximum Gasteiger partial charge on any atom is 0.142 e. The Morgan fingerprint density at radius 2 is 1.94 bits per heavy atom. The molecule has 4 heteroatoms. The number of rotatable bonds is 7. The van der Waals surface area contributed by atoms with Crippen molar-refractivity contribution in [3.63, 3.8) is 0 Å². The number of hydrogen-bond acceptors (Lipinski definition) is 4. The first kappa shape index (κ1) is 12.2. The van der Waals surface area contributed by atoms with E-state index < -0.39 is 0 Å². The van der Waals surface area contributed by atoms with Gasteiger partial charge in [0.25, 0.3) is 0 Å². The Hall–Kier alpha value is -1.84. The lowest BCUT2D eigenvalue weighted by Gasteiger charge is -2.09. The Morgan fingerprint density at radius 1 is 1.19 bits per heavy atom. The summed E-state index contributed by atoms with van der Waals surface area (Å²) in [5.74, 6) is 0.679. The van der Waals surface area contributed by atoms with Gasteiger partial charge in [-0.15, -0.1) is 0 Å². The fourth-order valence-corrected chi connectivity index (χ4v) is 1.25. The third-order valence-corrected chi connectivity index (χ3v) is 2.07. The molecule has 0 amide bonds. The Kier molecular flexibility index (Phi) is 5.05. The van der Waals surface area contributed by atoms with Gasteiger partial charge in [-0.2, -0.15) is 0 Å². The third kappa shape index (κ3) is 4.13. The topological polar surface area (TPSA) is 70.5 Å². The summed E-state index contributed by atoms with van der Waals surface area (Å²) < 4.78 is 10.5. The van der Waals surface area contributed by atoms with Crippen molar-refractivity contribution in [3.05, 3.63) is 31.0 Å². The number of anilines is 2. The van der Waals surface area contributed by atoms with Crippen molar-refractivity contribution in [2.24, 2.45) is 0 Å². The van der Waals surface area contributed by atoms with Crippen LogP contribution in [0.1, 0.15) is 12.8 Å². The fraction of sp³-hybridized carbons (Fsp3) is 0.333. The first-order valence-electron chi connectivity index (χ1n) is 5.24. The lowest BCUT2D eigenvalue weighted by Crippen LogP contribution is -2.02. The van der Waals surface area contributed by atoms with Crippen molar-refractivity contribution in [1.29, 1.82) is 0 Å². The number of ether oxygens (including phenoxy) is 2. The van der Waals surface area contributed by atoms with E-state index >= 15 is 0 Å². The Balaban J connectivity index is 2.24. The van der Waals surface area contributed by atoms with Gasteiger partial charge in [-0.05, 0) is 31.0 Å². The largest absolute Gasteiger partial charge is 0.502 e. The van der Waals surface area contributed by atoms with E-state index in [-0.39, 0.29) is 0 Å². The molecule has 0 fully saturated rings. The average Bonchev–Trinajstić information content (AvgIpc) is 2.26. The molecule has 1 rings (SSSR count). The van der Waals surface area contributed by atoms with Gasteiger partial charge in [-0.1, -0.05) is 6.58 Å². The highest BCUT2D eigenvalue weighted by atomic mass is 16.5. The van der Waals surface area contributed by atoms with E-state index in [4.69, 9.17) is 20.9 Å². The van der Waals surface area contributed by atoms with E-state index in [1.165, 1.54) is 6.26 Å². The molecule has 0 saturated heterocycles. The van der Waals surface area contributed by atoms with E-state index in [1.807, 2.05) is 0 Å². The highest BCUT2D eigenvalue weighted by Crippen LogP contribution is 2.23. The molecule has 0 aliphatic heterocycles. The zero-order chi connectivity index (χ0) is 11.8. The quantitative estimate of drug-likeness (QED) is 0.421. The van der Waals surface area contributed by atoms with Crippen molar-refractivity contribution >= 4 is 11.4 Å². The minimum Gasteiger partial charge on any atom is -0.502 e. The van der Waals surface area contributed by atoms with Gasteiger partial charge < -0.3 is 20.9 Å². The molecule has 0 aliphatic carbocycles. The predicted octanol–water partition coefficient (Wildman–Crippen LogP) is 2.17. The van der Waals surface area contributed by atoms with E-state index in [1.54, 1.807) is 18.2 Å². The first-order chi connectivity index (χ1) is 7.74. The van der Waals surface area contributed by atoms with Crippen molar-refractivity contribution in [3.8, 4) is 5.75 Å². The summed E-state index contributed by atoms with van der Waals surface area (Å²) in [6.07, 6.45) is 3.29. The SMILES string of the molecule is C=COCCCCOc1ccc(N)cc1N. The second kappa shape index (κ2) is 6.61. The fourth-order valence-electron chi connectivity index (χ4n) is 1.25. The van der Waals surface area contributed by atoms with Crippen LogP contribution in [-0.4, -0.2) is 13.2 Å². The summed E-state index contributed by atoms with van der Waals surface area (Å²) in [4.78, 5) is 0. The predicted molar refractivity (Wildman–Crippen MR) is 66.1 cm³/mol. The molecular weight excluding hydrogens is 204 g/mol. The van der Waals surface area contributed by atoms with Crippen molar-refractivity contribution in [2.75, 3.05) is 24.7 Å². The van der Waals surface area contributed by atoms with Gasteiger partial charge >= 0.3 is 0 Å². The number of nitrogens with two attached hydrogens (primary N) is 2. The molecule has 0 bridgehead atoms. The molecule has 16 heavy (non-hydrogen) atoms. The smallest absolute Gasteiger partial charge is 0.142 e. The van der Waals surface area contributed by atoms with Crippen molar-refractivity contribution in [2.45, 2.75) is 12.8 Å².